The van der Waals surface area contributed by atoms with E-state index in [1.807, 2.05) is 0 Å². The molecule has 0 aliphatic carbocycles. The van der Waals surface area contributed by atoms with E-state index < -0.39 is 0 Å². The monoisotopic (exact) mass is 343 g/mol. The standard InChI is InChI=1S/C21H33N3O/c1-3-22(2)14-19-11-13-24(16-19)21(25)20-10-7-12-23(17-20)15-18-8-5-4-6-9-18/h4-6,8-9,19-20H,3,7,10-17H2,1-2H3. The van der Waals surface area contributed by atoms with Crippen LogP contribution in [0.2, 0.25) is 0 Å². The summed E-state index contributed by atoms with van der Waals surface area (Å²) >= 11 is 0. The summed E-state index contributed by atoms with van der Waals surface area (Å²) < 4.78 is 0. The molecule has 25 heavy (non-hydrogen) atoms. The normalized spacial score (nSPS) is 24.8. The first kappa shape index (κ1) is 18.4. The van der Waals surface area contributed by atoms with Gasteiger partial charge in [0.1, 0.15) is 0 Å². The second-order valence-electron chi connectivity index (χ2n) is 7.85. The van der Waals surface area contributed by atoms with Gasteiger partial charge in [0.25, 0.3) is 0 Å². The van der Waals surface area contributed by atoms with Gasteiger partial charge in [-0.1, -0.05) is 37.3 Å². The third-order valence-electron chi connectivity index (χ3n) is 5.81. The molecule has 2 aliphatic heterocycles. The minimum Gasteiger partial charge on any atom is -0.342 e. The molecule has 0 aromatic heterocycles. The molecule has 0 N–H and O–H groups in total. The van der Waals surface area contributed by atoms with E-state index in [9.17, 15) is 4.79 Å². The summed E-state index contributed by atoms with van der Waals surface area (Å²) in [5, 5.41) is 0. The van der Waals surface area contributed by atoms with Crippen LogP contribution in [0.25, 0.3) is 0 Å². The Bertz CT molecular complexity index is 547. The number of carbonyl (C=O) groups is 1. The van der Waals surface area contributed by atoms with Gasteiger partial charge in [-0.15, -0.1) is 0 Å². The fraction of sp³-hybridized carbons (Fsp3) is 0.667. The Morgan fingerprint density at radius 1 is 1.16 bits per heavy atom. The molecule has 138 valence electrons. The van der Waals surface area contributed by atoms with Gasteiger partial charge in [0.2, 0.25) is 5.91 Å². The summed E-state index contributed by atoms with van der Waals surface area (Å²) in [6.45, 7) is 9.31. The Morgan fingerprint density at radius 2 is 1.96 bits per heavy atom. The number of nitrogens with zero attached hydrogens (tertiary/aromatic N) is 3. The minimum atomic E-state index is 0.195. The Balaban J connectivity index is 1.50. The Labute approximate surface area is 152 Å². The first-order chi connectivity index (χ1) is 12.2. The maximum absolute atomic E-state index is 13.0. The smallest absolute Gasteiger partial charge is 0.226 e. The van der Waals surface area contributed by atoms with Crippen molar-refractivity contribution in [3.05, 3.63) is 35.9 Å². The van der Waals surface area contributed by atoms with Crippen molar-refractivity contribution in [2.45, 2.75) is 32.7 Å². The summed E-state index contributed by atoms with van der Waals surface area (Å²) in [5.74, 6) is 1.25. The highest BCUT2D eigenvalue weighted by Crippen LogP contribution is 2.24. The first-order valence-electron chi connectivity index (χ1n) is 9.89. The van der Waals surface area contributed by atoms with Crippen LogP contribution in [-0.4, -0.2) is 66.9 Å². The highest BCUT2D eigenvalue weighted by molar-refractivity contribution is 5.79. The summed E-state index contributed by atoms with van der Waals surface area (Å²) in [5.41, 5.74) is 1.35. The van der Waals surface area contributed by atoms with Gasteiger partial charge in [-0.3, -0.25) is 9.69 Å². The largest absolute Gasteiger partial charge is 0.342 e. The highest BCUT2D eigenvalue weighted by atomic mass is 16.2. The van der Waals surface area contributed by atoms with Crippen LogP contribution >= 0.6 is 0 Å². The van der Waals surface area contributed by atoms with E-state index in [2.05, 4.69) is 59.0 Å². The SMILES string of the molecule is CCN(C)CC1CCN(C(=O)C2CCCN(Cc3ccccc3)C2)C1. The lowest BCUT2D eigenvalue weighted by molar-refractivity contribution is -0.136. The summed E-state index contributed by atoms with van der Waals surface area (Å²) in [7, 11) is 2.17. The predicted octanol–water partition coefficient (Wildman–Crippen LogP) is 2.70. The van der Waals surface area contributed by atoms with Gasteiger partial charge in [0.05, 0.1) is 5.92 Å². The van der Waals surface area contributed by atoms with Crippen LogP contribution in [0.15, 0.2) is 30.3 Å². The predicted molar refractivity (Wildman–Crippen MR) is 102 cm³/mol. The molecule has 0 saturated carbocycles. The lowest BCUT2D eigenvalue weighted by atomic mass is 9.96. The topological polar surface area (TPSA) is 26.8 Å². The fourth-order valence-corrected chi connectivity index (χ4v) is 4.25. The maximum atomic E-state index is 13.0. The molecule has 2 saturated heterocycles. The average molecular weight is 344 g/mol. The second kappa shape index (κ2) is 8.81. The van der Waals surface area contributed by atoms with E-state index in [4.69, 9.17) is 0 Å². The number of piperidine rings is 1. The van der Waals surface area contributed by atoms with Crippen molar-refractivity contribution in [1.29, 1.82) is 0 Å². The molecule has 4 heteroatoms. The quantitative estimate of drug-likeness (QED) is 0.795. The van der Waals surface area contributed by atoms with Crippen molar-refractivity contribution in [3.8, 4) is 0 Å². The molecule has 2 aliphatic rings. The van der Waals surface area contributed by atoms with Crippen molar-refractivity contribution in [3.63, 3.8) is 0 Å². The average Bonchev–Trinajstić information content (AvgIpc) is 3.10. The van der Waals surface area contributed by atoms with Gasteiger partial charge in [0, 0.05) is 32.7 Å². The van der Waals surface area contributed by atoms with Gasteiger partial charge in [0.15, 0.2) is 0 Å². The first-order valence-corrected chi connectivity index (χ1v) is 9.89. The number of rotatable bonds is 6. The van der Waals surface area contributed by atoms with Crippen LogP contribution in [0.5, 0.6) is 0 Å². The molecule has 0 bridgehead atoms. The van der Waals surface area contributed by atoms with Gasteiger partial charge >= 0.3 is 0 Å². The summed E-state index contributed by atoms with van der Waals surface area (Å²) in [4.78, 5) is 19.9. The van der Waals surface area contributed by atoms with Crippen molar-refractivity contribution in [2.24, 2.45) is 11.8 Å². The number of amides is 1. The molecule has 1 aromatic carbocycles. The number of hydrogen-bond donors (Lipinski definition) is 0. The molecule has 2 unspecified atom stereocenters. The second-order valence-corrected chi connectivity index (χ2v) is 7.85. The zero-order valence-electron chi connectivity index (χ0n) is 15.9. The zero-order valence-corrected chi connectivity index (χ0v) is 15.9. The van der Waals surface area contributed by atoms with Crippen LogP contribution in [0.4, 0.5) is 0 Å². The van der Waals surface area contributed by atoms with Gasteiger partial charge < -0.3 is 9.80 Å². The van der Waals surface area contributed by atoms with Crippen LogP contribution in [0.1, 0.15) is 31.7 Å². The Kier molecular flexibility index (Phi) is 6.49. The molecule has 4 nitrogen and oxygen atoms in total. The fourth-order valence-electron chi connectivity index (χ4n) is 4.25. The molecule has 1 amide bonds. The molecule has 0 spiro atoms. The maximum Gasteiger partial charge on any atom is 0.226 e. The molecule has 3 rings (SSSR count). The van der Waals surface area contributed by atoms with Gasteiger partial charge in [-0.05, 0) is 50.9 Å². The van der Waals surface area contributed by atoms with E-state index in [1.54, 1.807) is 0 Å². The molecule has 2 fully saturated rings. The minimum absolute atomic E-state index is 0.195. The van der Waals surface area contributed by atoms with Crippen LogP contribution in [0, 0.1) is 11.8 Å². The van der Waals surface area contributed by atoms with Gasteiger partial charge in [-0.25, -0.2) is 0 Å². The van der Waals surface area contributed by atoms with E-state index in [1.165, 1.54) is 5.56 Å². The molecule has 0 radical (unpaired) electrons. The molecule has 2 heterocycles. The molecular weight excluding hydrogens is 310 g/mol. The molecular formula is C21H33N3O. The number of benzene rings is 1. The molecule has 1 aromatic rings. The lowest BCUT2D eigenvalue weighted by Gasteiger charge is -2.34. The number of likely N-dealkylation sites (tertiary alicyclic amines) is 2. The summed E-state index contributed by atoms with van der Waals surface area (Å²) in [6.07, 6.45) is 3.36. The Morgan fingerprint density at radius 3 is 2.72 bits per heavy atom. The van der Waals surface area contributed by atoms with Crippen molar-refractivity contribution >= 4 is 5.91 Å². The van der Waals surface area contributed by atoms with Crippen molar-refractivity contribution < 1.29 is 4.79 Å². The van der Waals surface area contributed by atoms with E-state index in [0.717, 1.165) is 65.1 Å². The van der Waals surface area contributed by atoms with Crippen LogP contribution in [-0.2, 0) is 11.3 Å². The van der Waals surface area contributed by atoms with Crippen molar-refractivity contribution in [1.82, 2.24) is 14.7 Å². The highest BCUT2D eigenvalue weighted by Gasteiger charge is 2.33. The third-order valence-corrected chi connectivity index (χ3v) is 5.81. The van der Waals surface area contributed by atoms with E-state index >= 15 is 0 Å². The summed E-state index contributed by atoms with van der Waals surface area (Å²) in [6, 6.07) is 10.6. The van der Waals surface area contributed by atoms with E-state index in [-0.39, 0.29) is 5.92 Å². The number of carbonyl (C=O) groups excluding carboxylic acids is 1. The van der Waals surface area contributed by atoms with Crippen molar-refractivity contribution in [2.75, 3.05) is 46.3 Å². The molecule has 2 atom stereocenters. The van der Waals surface area contributed by atoms with Crippen LogP contribution in [0.3, 0.4) is 0 Å². The number of hydrogen-bond acceptors (Lipinski definition) is 3. The lowest BCUT2D eigenvalue weighted by Crippen LogP contribution is -2.44. The van der Waals surface area contributed by atoms with Crippen LogP contribution < -0.4 is 0 Å². The van der Waals surface area contributed by atoms with Gasteiger partial charge in [-0.2, -0.15) is 0 Å². The third kappa shape index (κ3) is 5.05. The zero-order chi connectivity index (χ0) is 17.6. The Hall–Kier alpha value is -1.39. The van der Waals surface area contributed by atoms with E-state index in [0.29, 0.717) is 11.8 Å².